The predicted molar refractivity (Wildman–Crippen MR) is 128 cm³/mol. The molecule has 34 heavy (non-hydrogen) atoms. The van der Waals surface area contributed by atoms with Crippen LogP contribution in [0.15, 0.2) is 11.9 Å². The van der Waals surface area contributed by atoms with E-state index in [0.29, 0.717) is 13.0 Å². The zero-order valence-electron chi connectivity index (χ0n) is 20.4. The van der Waals surface area contributed by atoms with E-state index in [1.165, 1.54) is 11.8 Å². The van der Waals surface area contributed by atoms with Crippen molar-refractivity contribution in [3.05, 3.63) is 11.9 Å². The molecule has 2 fully saturated rings. The average Bonchev–Trinajstić information content (AvgIpc) is 3.41. The fourth-order valence-corrected chi connectivity index (χ4v) is 6.60. The van der Waals surface area contributed by atoms with E-state index in [4.69, 9.17) is 10.5 Å². The van der Waals surface area contributed by atoms with Gasteiger partial charge in [-0.2, -0.15) is 13.2 Å². The lowest BCUT2D eigenvalue weighted by Crippen LogP contribution is -2.51. The maximum atomic E-state index is 13.4. The van der Waals surface area contributed by atoms with Gasteiger partial charge in [0.25, 0.3) is 0 Å². The van der Waals surface area contributed by atoms with Crippen molar-refractivity contribution >= 4 is 11.8 Å². The highest BCUT2D eigenvalue weighted by Crippen LogP contribution is 2.41. The van der Waals surface area contributed by atoms with Gasteiger partial charge in [-0.05, 0) is 44.1 Å². The lowest BCUT2D eigenvalue weighted by atomic mass is 9.74. The number of nitrogens with two attached hydrogens (primary N) is 1. The van der Waals surface area contributed by atoms with Crippen LogP contribution in [-0.4, -0.2) is 59.7 Å². The molecule has 3 aliphatic rings. The molecule has 8 nitrogen and oxygen atoms in total. The van der Waals surface area contributed by atoms with Crippen LogP contribution in [0.25, 0.3) is 0 Å². The molecule has 0 radical (unpaired) electrons. The van der Waals surface area contributed by atoms with Crippen LogP contribution >= 0.6 is 11.8 Å². The van der Waals surface area contributed by atoms with Crippen LogP contribution in [0.5, 0.6) is 0 Å². The first kappa shape index (κ1) is 27.8. The van der Waals surface area contributed by atoms with E-state index in [9.17, 15) is 18.3 Å². The zero-order chi connectivity index (χ0) is 25.0. The number of hydrogen-bond donors (Lipinski definition) is 7. The first-order chi connectivity index (χ1) is 16.0. The molecule has 12 heteroatoms. The second-order valence-electron chi connectivity index (χ2n) is 9.95. The van der Waals surface area contributed by atoms with Crippen LogP contribution < -0.4 is 32.5 Å². The number of aliphatic hydroxyl groups excluding tert-OH is 1. The van der Waals surface area contributed by atoms with Crippen molar-refractivity contribution in [1.82, 2.24) is 26.8 Å². The maximum absolute atomic E-state index is 13.4. The molecule has 0 spiro atoms. The second kappa shape index (κ2) is 12.0. The van der Waals surface area contributed by atoms with Gasteiger partial charge in [0.2, 0.25) is 0 Å². The topological polar surface area (TPSA) is 116 Å². The second-order valence-corrected chi connectivity index (χ2v) is 11.1. The number of hydrazine groups is 1. The van der Waals surface area contributed by atoms with Crippen LogP contribution in [0.2, 0.25) is 0 Å². The summed E-state index contributed by atoms with van der Waals surface area (Å²) in [5.41, 5.74) is 12.2. The summed E-state index contributed by atoms with van der Waals surface area (Å²) in [7, 11) is 0. The summed E-state index contributed by atoms with van der Waals surface area (Å²) >= 11 is 1.35. The summed E-state index contributed by atoms with van der Waals surface area (Å²) in [5, 5.41) is 18.7. The van der Waals surface area contributed by atoms with E-state index >= 15 is 0 Å². The standard InChI is InChI=1S/C22H41F3N6O2S/c1-5-14(6-11(2)20-31-30-19(33-20)7-12(3)32)16-9-27-18(28-13(4)26)8-15(16)21-29-17(10-34-21)22(23,24)25/h8,11-17,19-21,27-32H,5-7,9-10,26H2,1-4H3. The number of alkyl halides is 3. The largest absolute Gasteiger partial charge is 0.404 e. The van der Waals surface area contributed by atoms with Gasteiger partial charge in [-0.25, -0.2) is 10.9 Å². The number of halogens is 3. The van der Waals surface area contributed by atoms with E-state index < -0.39 is 18.3 Å². The van der Waals surface area contributed by atoms with Crippen LogP contribution in [0.4, 0.5) is 13.2 Å². The fraction of sp³-hybridized carbons (Fsp3) is 0.909. The molecule has 0 saturated carbocycles. The molecule has 2 saturated heterocycles. The van der Waals surface area contributed by atoms with E-state index in [0.717, 1.165) is 18.7 Å². The van der Waals surface area contributed by atoms with E-state index in [1.807, 2.05) is 13.0 Å². The van der Waals surface area contributed by atoms with Crippen molar-refractivity contribution in [2.75, 3.05) is 12.3 Å². The average molecular weight is 511 g/mol. The Hall–Kier alpha value is -0.760. The molecule has 0 aliphatic carbocycles. The molecular weight excluding hydrogens is 469 g/mol. The van der Waals surface area contributed by atoms with Gasteiger partial charge in [0.1, 0.15) is 18.5 Å². The molecule has 0 aromatic rings. The Balaban J connectivity index is 1.70. The third kappa shape index (κ3) is 7.37. The van der Waals surface area contributed by atoms with Gasteiger partial charge in [0.15, 0.2) is 0 Å². The quantitative estimate of drug-likeness (QED) is 0.221. The Bertz CT molecular complexity index is 684. The Kier molecular flexibility index (Phi) is 9.81. The van der Waals surface area contributed by atoms with Crippen LogP contribution in [0.1, 0.15) is 47.0 Å². The van der Waals surface area contributed by atoms with Crippen molar-refractivity contribution in [3.8, 4) is 0 Å². The first-order valence-corrected chi connectivity index (χ1v) is 13.3. The van der Waals surface area contributed by atoms with Gasteiger partial charge in [0, 0.05) is 24.6 Å². The normalized spacial score (nSPS) is 35.9. The minimum absolute atomic E-state index is 0.0259. The maximum Gasteiger partial charge on any atom is 0.404 e. The Labute approximate surface area is 204 Å². The van der Waals surface area contributed by atoms with Gasteiger partial charge in [-0.3, -0.25) is 5.32 Å². The van der Waals surface area contributed by atoms with Gasteiger partial charge in [0.05, 0.1) is 23.5 Å². The van der Waals surface area contributed by atoms with Crippen molar-refractivity contribution in [2.24, 2.45) is 29.4 Å². The smallest absolute Gasteiger partial charge is 0.393 e. The van der Waals surface area contributed by atoms with Crippen LogP contribution in [0.3, 0.4) is 0 Å². The highest BCUT2D eigenvalue weighted by Gasteiger charge is 2.48. The number of nitrogens with one attached hydrogen (secondary N) is 5. The fourth-order valence-electron chi connectivity index (χ4n) is 5.15. The van der Waals surface area contributed by atoms with Gasteiger partial charge in [-0.1, -0.05) is 20.3 Å². The van der Waals surface area contributed by atoms with E-state index in [2.05, 4.69) is 40.6 Å². The van der Waals surface area contributed by atoms with Gasteiger partial charge < -0.3 is 26.2 Å². The summed E-state index contributed by atoms with van der Waals surface area (Å²) < 4.78 is 46.1. The molecule has 0 aromatic heterocycles. The molecule has 8 N–H and O–H groups in total. The van der Waals surface area contributed by atoms with Gasteiger partial charge >= 0.3 is 6.18 Å². The minimum atomic E-state index is -4.25. The third-order valence-electron chi connectivity index (χ3n) is 6.89. The number of ether oxygens (including phenoxy) is 1. The molecule has 0 bridgehead atoms. The van der Waals surface area contributed by atoms with Crippen LogP contribution in [0, 0.1) is 23.7 Å². The summed E-state index contributed by atoms with van der Waals surface area (Å²) in [5.74, 6) is 1.35. The van der Waals surface area contributed by atoms with E-state index in [-0.39, 0.29) is 53.4 Å². The van der Waals surface area contributed by atoms with Crippen LogP contribution in [-0.2, 0) is 4.74 Å². The molecule has 0 aromatic carbocycles. The third-order valence-corrected chi connectivity index (χ3v) is 8.23. The highest BCUT2D eigenvalue weighted by molar-refractivity contribution is 8.00. The molecule has 198 valence electrons. The van der Waals surface area contributed by atoms with Crippen molar-refractivity contribution in [1.29, 1.82) is 0 Å². The predicted octanol–water partition coefficient (Wildman–Crippen LogP) is 1.75. The monoisotopic (exact) mass is 510 g/mol. The Morgan fingerprint density at radius 3 is 2.62 bits per heavy atom. The van der Waals surface area contributed by atoms with Crippen molar-refractivity contribution in [2.45, 2.75) is 89.3 Å². The minimum Gasteiger partial charge on any atom is -0.393 e. The Morgan fingerprint density at radius 1 is 1.29 bits per heavy atom. The molecule has 3 aliphatic heterocycles. The van der Waals surface area contributed by atoms with Gasteiger partial charge in [-0.15, -0.1) is 11.8 Å². The van der Waals surface area contributed by atoms with Crippen molar-refractivity contribution < 1.29 is 23.0 Å². The molecular formula is C22H41F3N6O2S. The lowest BCUT2D eigenvalue weighted by molar-refractivity contribution is -0.149. The summed E-state index contributed by atoms with van der Waals surface area (Å²) in [4.78, 5) is 0. The number of rotatable bonds is 10. The zero-order valence-corrected chi connectivity index (χ0v) is 21.2. The summed E-state index contributed by atoms with van der Waals surface area (Å²) in [6.45, 7) is 8.48. The van der Waals surface area contributed by atoms with Crippen molar-refractivity contribution in [3.63, 3.8) is 0 Å². The summed E-state index contributed by atoms with van der Waals surface area (Å²) in [6, 6.07) is -1.48. The highest BCUT2D eigenvalue weighted by atomic mass is 32.2. The molecule has 10 atom stereocenters. The number of hydrogen-bond acceptors (Lipinski definition) is 9. The molecule has 0 amide bonds. The number of thioether (sulfide) groups is 1. The molecule has 3 heterocycles. The van der Waals surface area contributed by atoms with E-state index in [1.54, 1.807) is 6.92 Å². The molecule has 10 unspecified atom stereocenters. The first-order valence-electron chi connectivity index (χ1n) is 12.2. The molecule has 3 rings (SSSR count). The number of aliphatic hydroxyl groups is 1. The SMILES string of the molecule is CCC(CC(C)C1NNC(CC(C)O)O1)C1CNC(NC(C)N)=CC1C1NC(C(F)(F)F)CS1. The summed E-state index contributed by atoms with van der Waals surface area (Å²) in [6.07, 6.45) is -1.12. The lowest BCUT2D eigenvalue weighted by Gasteiger charge is -2.40. The Morgan fingerprint density at radius 2 is 2.03 bits per heavy atom.